The van der Waals surface area contributed by atoms with Crippen LogP contribution in [0.1, 0.15) is 12.5 Å². The molecule has 1 amide bonds. The summed E-state index contributed by atoms with van der Waals surface area (Å²) in [6.07, 6.45) is 1.29. The van der Waals surface area contributed by atoms with Gasteiger partial charge in [-0.25, -0.2) is 13.8 Å². The zero-order valence-corrected chi connectivity index (χ0v) is 21.0. The third-order valence-corrected chi connectivity index (χ3v) is 7.19. The molecule has 0 atom stereocenters. The summed E-state index contributed by atoms with van der Waals surface area (Å²) in [4.78, 5) is 12.7. The fourth-order valence-corrected chi connectivity index (χ4v) is 5.00. The van der Waals surface area contributed by atoms with Crippen LogP contribution in [0.3, 0.4) is 0 Å². The average molecular weight is 541 g/mol. The Labute approximate surface area is 212 Å². The molecule has 0 aliphatic carbocycles. The minimum absolute atomic E-state index is 0.0395. The van der Waals surface area contributed by atoms with Gasteiger partial charge in [-0.1, -0.05) is 53.0 Å². The lowest BCUT2D eigenvalue weighted by molar-refractivity contribution is -0.119. The lowest BCUT2D eigenvalue weighted by Gasteiger charge is -2.25. The molecule has 0 radical (unpaired) electrons. The van der Waals surface area contributed by atoms with Crippen molar-refractivity contribution in [2.75, 3.05) is 17.5 Å². The molecular weight excluding hydrogens is 521 g/mol. The topological polar surface area (TPSA) is 88.1 Å². The highest BCUT2D eigenvalue weighted by Crippen LogP contribution is 2.32. The van der Waals surface area contributed by atoms with Gasteiger partial charge in [0.25, 0.3) is 15.9 Å². The van der Waals surface area contributed by atoms with E-state index < -0.39 is 22.5 Å². The minimum atomic E-state index is -4.16. The van der Waals surface area contributed by atoms with Crippen molar-refractivity contribution in [1.29, 1.82) is 0 Å². The molecule has 3 rings (SSSR count). The molecule has 0 aliphatic heterocycles. The summed E-state index contributed by atoms with van der Waals surface area (Å²) in [6, 6.07) is 17.1. The predicted octanol–water partition coefficient (Wildman–Crippen LogP) is 5.39. The smallest absolute Gasteiger partial charge is 0.264 e. The summed E-state index contributed by atoms with van der Waals surface area (Å²) in [7, 11) is -4.16. The number of sulfonamides is 1. The van der Waals surface area contributed by atoms with E-state index in [4.69, 9.17) is 39.5 Å². The number of rotatable bonds is 9. The van der Waals surface area contributed by atoms with Crippen LogP contribution in [0, 0.1) is 0 Å². The highest BCUT2D eigenvalue weighted by Gasteiger charge is 2.29. The normalized spacial score (nSPS) is 11.4. The van der Waals surface area contributed by atoms with Crippen LogP contribution in [-0.4, -0.2) is 33.7 Å². The largest absolute Gasteiger partial charge is 0.492 e. The molecule has 178 valence electrons. The molecule has 0 unspecified atom stereocenters. The first kappa shape index (κ1) is 25.8. The molecule has 7 nitrogen and oxygen atoms in total. The molecule has 0 saturated carbocycles. The van der Waals surface area contributed by atoms with Gasteiger partial charge in [0, 0.05) is 10.6 Å². The second-order valence-corrected chi connectivity index (χ2v) is 9.91. The van der Waals surface area contributed by atoms with Crippen molar-refractivity contribution in [2.45, 2.75) is 11.8 Å². The number of nitrogens with one attached hydrogen (secondary N) is 1. The number of para-hydroxylation sites is 2. The Hall–Kier alpha value is -2.78. The molecule has 0 fully saturated rings. The van der Waals surface area contributed by atoms with E-state index in [1.807, 2.05) is 0 Å². The fourth-order valence-electron chi connectivity index (χ4n) is 2.94. The lowest BCUT2D eigenvalue weighted by Crippen LogP contribution is -2.39. The Morgan fingerprint density at radius 3 is 2.29 bits per heavy atom. The van der Waals surface area contributed by atoms with Gasteiger partial charge in [-0.15, -0.1) is 0 Å². The van der Waals surface area contributed by atoms with Crippen LogP contribution in [0.4, 0.5) is 5.69 Å². The van der Waals surface area contributed by atoms with Crippen molar-refractivity contribution in [3.8, 4) is 5.75 Å². The van der Waals surface area contributed by atoms with Crippen LogP contribution in [-0.2, 0) is 14.8 Å². The summed E-state index contributed by atoms with van der Waals surface area (Å²) in [5, 5.41) is 4.95. The molecule has 34 heavy (non-hydrogen) atoms. The van der Waals surface area contributed by atoms with Gasteiger partial charge in [0.2, 0.25) is 0 Å². The van der Waals surface area contributed by atoms with Crippen molar-refractivity contribution in [2.24, 2.45) is 5.10 Å². The van der Waals surface area contributed by atoms with Gasteiger partial charge in [0.15, 0.2) is 0 Å². The Morgan fingerprint density at radius 2 is 1.65 bits per heavy atom. The second kappa shape index (κ2) is 11.6. The number of benzene rings is 3. The Balaban J connectivity index is 1.92. The Morgan fingerprint density at radius 1 is 1.00 bits per heavy atom. The molecule has 0 heterocycles. The van der Waals surface area contributed by atoms with E-state index in [1.165, 1.54) is 30.5 Å². The van der Waals surface area contributed by atoms with Crippen molar-refractivity contribution in [1.82, 2.24) is 5.43 Å². The van der Waals surface area contributed by atoms with Crippen molar-refractivity contribution in [3.63, 3.8) is 0 Å². The number of anilines is 1. The van der Waals surface area contributed by atoms with Crippen LogP contribution >= 0.6 is 34.8 Å². The SMILES string of the molecule is CCOc1ccccc1N(CC(=O)N/N=C\c1c(Cl)cccc1Cl)S(=O)(=O)c1ccc(Cl)cc1. The van der Waals surface area contributed by atoms with Crippen LogP contribution in [0.15, 0.2) is 76.7 Å². The van der Waals surface area contributed by atoms with Crippen LogP contribution < -0.4 is 14.5 Å². The van der Waals surface area contributed by atoms with Crippen molar-refractivity contribution in [3.05, 3.63) is 87.4 Å². The van der Waals surface area contributed by atoms with E-state index in [0.717, 1.165) is 4.31 Å². The van der Waals surface area contributed by atoms with Gasteiger partial charge in [-0.3, -0.25) is 9.10 Å². The monoisotopic (exact) mass is 539 g/mol. The maximum absolute atomic E-state index is 13.5. The zero-order valence-electron chi connectivity index (χ0n) is 17.9. The summed E-state index contributed by atoms with van der Waals surface area (Å²) in [6.45, 7) is 1.51. The summed E-state index contributed by atoms with van der Waals surface area (Å²) in [5.74, 6) is -0.384. The number of hydrogen-bond donors (Lipinski definition) is 1. The van der Waals surface area contributed by atoms with Gasteiger partial charge in [0.1, 0.15) is 12.3 Å². The molecule has 3 aromatic rings. The Bertz CT molecular complexity index is 1280. The Kier molecular flexibility index (Phi) is 8.79. The molecule has 11 heteroatoms. The zero-order chi connectivity index (χ0) is 24.7. The number of carbonyl (C=O) groups excluding carboxylic acids is 1. The summed E-state index contributed by atoms with van der Waals surface area (Å²) in [5.41, 5.74) is 2.93. The summed E-state index contributed by atoms with van der Waals surface area (Å²) < 4.78 is 33.5. The van der Waals surface area contributed by atoms with E-state index >= 15 is 0 Å². The minimum Gasteiger partial charge on any atom is -0.492 e. The number of carbonyl (C=O) groups is 1. The van der Waals surface area contributed by atoms with E-state index in [9.17, 15) is 13.2 Å². The molecule has 0 spiro atoms. The quantitative estimate of drug-likeness (QED) is 0.291. The first-order valence-corrected chi connectivity index (χ1v) is 12.6. The van der Waals surface area contributed by atoms with Crippen LogP contribution in [0.2, 0.25) is 15.1 Å². The molecule has 3 aromatic carbocycles. The molecular formula is C23H20Cl3N3O4S. The van der Waals surface area contributed by atoms with Gasteiger partial charge in [-0.05, 0) is 55.5 Å². The van der Waals surface area contributed by atoms with Gasteiger partial charge < -0.3 is 4.74 Å². The third-order valence-electron chi connectivity index (χ3n) is 4.51. The fraction of sp³-hybridized carbons (Fsp3) is 0.130. The maximum atomic E-state index is 13.5. The molecule has 0 aromatic heterocycles. The maximum Gasteiger partial charge on any atom is 0.264 e. The summed E-state index contributed by atoms with van der Waals surface area (Å²) >= 11 is 18.1. The standard InChI is InChI=1S/C23H20Cl3N3O4S/c1-2-33-22-9-4-3-8-21(22)29(34(31,32)17-12-10-16(24)11-13-17)15-23(30)28-27-14-18-19(25)6-5-7-20(18)26/h3-14H,2,15H2,1H3,(H,28,30)/b27-14-. The molecule has 0 aliphatic rings. The molecule has 0 bridgehead atoms. The number of hydrogen-bond acceptors (Lipinski definition) is 5. The third kappa shape index (κ3) is 6.21. The van der Waals surface area contributed by atoms with E-state index in [2.05, 4.69) is 10.5 Å². The van der Waals surface area contributed by atoms with E-state index in [0.29, 0.717) is 33.0 Å². The van der Waals surface area contributed by atoms with E-state index in [-0.39, 0.29) is 10.6 Å². The first-order valence-electron chi connectivity index (χ1n) is 10.00. The number of nitrogens with zero attached hydrogens (tertiary/aromatic N) is 2. The second-order valence-electron chi connectivity index (χ2n) is 6.79. The highest BCUT2D eigenvalue weighted by atomic mass is 35.5. The van der Waals surface area contributed by atoms with E-state index in [1.54, 1.807) is 49.4 Å². The predicted molar refractivity (Wildman–Crippen MR) is 136 cm³/mol. The van der Waals surface area contributed by atoms with Crippen LogP contribution in [0.25, 0.3) is 0 Å². The number of hydrazone groups is 1. The van der Waals surface area contributed by atoms with Crippen molar-refractivity contribution >= 4 is 62.6 Å². The molecule has 0 saturated heterocycles. The average Bonchev–Trinajstić information content (AvgIpc) is 2.80. The van der Waals surface area contributed by atoms with Gasteiger partial charge in [0.05, 0.1) is 33.4 Å². The number of halogens is 3. The number of amides is 1. The number of ether oxygens (including phenoxy) is 1. The van der Waals surface area contributed by atoms with Gasteiger partial charge >= 0.3 is 0 Å². The highest BCUT2D eigenvalue weighted by molar-refractivity contribution is 7.92. The first-order chi connectivity index (χ1) is 16.2. The molecule has 1 N–H and O–H groups in total. The van der Waals surface area contributed by atoms with Gasteiger partial charge in [-0.2, -0.15) is 5.10 Å². The lowest BCUT2D eigenvalue weighted by atomic mass is 10.2. The van der Waals surface area contributed by atoms with Crippen LogP contribution in [0.5, 0.6) is 5.75 Å². The van der Waals surface area contributed by atoms with Crippen molar-refractivity contribution < 1.29 is 17.9 Å².